The number of benzene rings is 3. The molecule has 3 aromatic carbocycles. The van der Waals surface area contributed by atoms with Gasteiger partial charge in [-0.25, -0.2) is 0 Å². The first-order valence-electron chi connectivity index (χ1n) is 10.3. The highest BCUT2D eigenvalue weighted by molar-refractivity contribution is 5.97. The molecule has 29 heavy (non-hydrogen) atoms. The van der Waals surface area contributed by atoms with E-state index < -0.39 is 0 Å². The number of carbonyl (C=O) groups excluding carboxylic acids is 1. The molecule has 0 spiro atoms. The second-order valence-corrected chi connectivity index (χ2v) is 7.78. The molecule has 3 heteroatoms. The molecule has 1 amide bonds. The SMILES string of the molecule is CCC(Cc1ccc2c(c1)OCC(=O)N2Cc1ccc(C)cc1)c1ccccc1. The molecule has 1 aliphatic rings. The minimum atomic E-state index is 0.00143. The molecule has 3 nitrogen and oxygen atoms in total. The molecule has 1 heterocycles. The van der Waals surface area contributed by atoms with E-state index in [1.165, 1.54) is 16.7 Å². The summed E-state index contributed by atoms with van der Waals surface area (Å²) in [6.45, 7) is 4.96. The van der Waals surface area contributed by atoms with Crippen LogP contribution in [0.2, 0.25) is 0 Å². The highest BCUT2D eigenvalue weighted by Crippen LogP contribution is 2.35. The highest BCUT2D eigenvalue weighted by Gasteiger charge is 2.26. The van der Waals surface area contributed by atoms with Gasteiger partial charge < -0.3 is 9.64 Å². The molecule has 0 aliphatic carbocycles. The van der Waals surface area contributed by atoms with E-state index in [9.17, 15) is 4.79 Å². The maximum absolute atomic E-state index is 12.5. The van der Waals surface area contributed by atoms with Gasteiger partial charge >= 0.3 is 0 Å². The first-order valence-corrected chi connectivity index (χ1v) is 10.3. The van der Waals surface area contributed by atoms with E-state index in [1.54, 1.807) is 0 Å². The largest absolute Gasteiger partial charge is 0.482 e. The lowest BCUT2D eigenvalue weighted by Gasteiger charge is -2.30. The van der Waals surface area contributed by atoms with Gasteiger partial charge in [0.2, 0.25) is 0 Å². The van der Waals surface area contributed by atoms with Crippen molar-refractivity contribution in [2.24, 2.45) is 0 Å². The van der Waals surface area contributed by atoms with Crippen LogP contribution in [0.1, 0.15) is 41.5 Å². The van der Waals surface area contributed by atoms with Crippen molar-refractivity contribution in [3.05, 3.63) is 95.1 Å². The topological polar surface area (TPSA) is 29.5 Å². The van der Waals surface area contributed by atoms with Crippen LogP contribution in [0, 0.1) is 6.92 Å². The average molecular weight is 386 g/mol. The summed E-state index contributed by atoms with van der Waals surface area (Å²) in [5, 5.41) is 0. The first kappa shape index (κ1) is 19.3. The molecule has 0 aromatic heterocycles. The maximum atomic E-state index is 12.5. The lowest BCUT2D eigenvalue weighted by Crippen LogP contribution is -2.38. The number of hydrogen-bond acceptors (Lipinski definition) is 2. The zero-order chi connectivity index (χ0) is 20.2. The Morgan fingerprint density at radius 2 is 1.69 bits per heavy atom. The Balaban J connectivity index is 1.56. The van der Waals surface area contributed by atoms with Crippen molar-refractivity contribution in [3.63, 3.8) is 0 Å². The molecule has 0 saturated carbocycles. The van der Waals surface area contributed by atoms with E-state index >= 15 is 0 Å². The molecule has 148 valence electrons. The number of aryl methyl sites for hydroxylation is 1. The standard InChI is InChI=1S/C26H27NO2/c1-3-22(23-7-5-4-6-8-23)15-21-13-14-24-25(16-21)29-18-26(28)27(24)17-20-11-9-19(2)10-12-20/h4-14,16,22H,3,15,17-18H2,1-2H3. The average Bonchev–Trinajstić information content (AvgIpc) is 2.76. The fourth-order valence-electron chi connectivity index (χ4n) is 3.93. The Hall–Kier alpha value is -3.07. The Morgan fingerprint density at radius 3 is 2.41 bits per heavy atom. The summed E-state index contributed by atoms with van der Waals surface area (Å²) < 4.78 is 5.79. The van der Waals surface area contributed by atoms with Crippen LogP contribution >= 0.6 is 0 Å². The van der Waals surface area contributed by atoms with E-state index in [4.69, 9.17) is 4.74 Å². The van der Waals surface area contributed by atoms with Gasteiger partial charge in [0.05, 0.1) is 12.2 Å². The zero-order valence-corrected chi connectivity index (χ0v) is 17.1. The lowest BCUT2D eigenvalue weighted by atomic mass is 9.89. The van der Waals surface area contributed by atoms with E-state index in [2.05, 4.69) is 80.6 Å². The van der Waals surface area contributed by atoms with Gasteiger partial charge in [0.15, 0.2) is 6.61 Å². The summed E-state index contributed by atoms with van der Waals surface area (Å²) in [5.41, 5.74) is 5.80. The molecule has 3 aromatic rings. The molecule has 1 atom stereocenters. The van der Waals surface area contributed by atoms with Crippen molar-refractivity contribution < 1.29 is 9.53 Å². The van der Waals surface area contributed by atoms with Gasteiger partial charge in [0.1, 0.15) is 5.75 Å². The van der Waals surface area contributed by atoms with Gasteiger partial charge in [0.25, 0.3) is 5.91 Å². The van der Waals surface area contributed by atoms with Crippen molar-refractivity contribution in [1.82, 2.24) is 0 Å². The number of rotatable bonds is 6. The lowest BCUT2D eigenvalue weighted by molar-refractivity contribution is -0.121. The Morgan fingerprint density at radius 1 is 0.966 bits per heavy atom. The fraction of sp³-hybridized carbons (Fsp3) is 0.269. The van der Waals surface area contributed by atoms with Gasteiger partial charge in [-0.3, -0.25) is 4.79 Å². The summed E-state index contributed by atoms with van der Waals surface area (Å²) >= 11 is 0. The third kappa shape index (κ3) is 4.34. The van der Waals surface area contributed by atoms with E-state index in [-0.39, 0.29) is 12.5 Å². The van der Waals surface area contributed by atoms with E-state index in [0.29, 0.717) is 12.5 Å². The summed E-state index contributed by atoms with van der Waals surface area (Å²) in [7, 11) is 0. The van der Waals surface area contributed by atoms with Crippen LogP contribution in [-0.4, -0.2) is 12.5 Å². The van der Waals surface area contributed by atoms with Crippen LogP contribution in [0.3, 0.4) is 0 Å². The Kier molecular flexibility index (Phi) is 5.66. The van der Waals surface area contributed by atoms with Gasteiger partial charge in [-0.05, 0) is 54.5 Å². The maximum Gasteiger partial charge on any atom is 0.265 e. The second-order valence-electron chi connectivity index (χ2n) is 7.78. The second kappa shape index (κ2) is 8.52. The minimum absolute atomic E-state index is 0.00143. The fourth-order valence-corrected chi connectivity index (χ4v) is 3.93. The normalized spacial score (nSPS) is 14.3. The van der Waals surface area contributed by atoms with Crippen molar-refractivity contribution in [3.8, 4) is 5.75 Å². The molecular formula is C26H27NO2. The quantitative estimate of drug-likeness (QED) is 0.548. The molecule has 1 unspecified atom stereocenters. The van der Waals surface area contributed by atoms with Crippen molar-refractivity contribution in [2.45, 2.75) is 39.2 Å². The number of fused-ring (bicyclic) bond motifs is 1. The molecule has 0 radical (unpaired) electrons. The molecule has 4 rings (SSSR count). The molecular weight excluding hydrogens is 358 g/mol. The minimum Gasteiger partial charge on any atom is -0.482 e. The van der Waals surface area contributed by atoms with Crippen LogP contribution < -0.4 is 9.64 Å². The number of hydrogen-bond donors (Lipinski definition) is 0. The van der Waals surface area contributed by atoms with Gasteiger partial charge in [-0.15, -0.1) is 0 Å². The first-order chi connectivity index (χ1) is 14.1. The number of carbonyl (C=O) groups is 1. The highest BCUT2D eigenvalue weighted by atomic mass is 16.5. The predicted molar refractivity (Wildman–Crippen MR) is 117 cm³/mol. The van der Waals surface area contributed by atoms with Crippen molar-refractivity contribution >= 4 is 11.6 Å². The molecule has 0 saturated heterocycles. The predicted octanol–water partition coefficient (Wildman–Crippen LogP) is 5.66. The molecule has 0 bridgehead atoms. The molecule has 0 fully saturated rings. The smallest absolute Gasteiger partial charge is 0.265 e. The van der Waals surface area contributed by atoms with E-state index in [0.717, 1.165) is 29.8 Å². The Bertz CT molecular complexity index is 979. The van der Waals surface area contributed by atoms with Gasteiger partial charge in [-0.2, -0.15) is 0 Å². The van der Waals surface area contributed by atoms with Crippen LogP contribution in [0.25, 0.3) is 0 Å². The monoisotopic (exact) mass is 385 g/mol. The van der Waals surface area contributed by atoms with Crippen molar-refractivity contribution in [2.75, 3.05) is 11.5 Å². The van der Waals surface area contributed by atoms with Crippen LogP contribution in [0.4, 0.5) is 5.69 Å². The Labute approximate surface area is 172 Å². The summed E-state index contributed by atoms with van der Waals surface area (Å²) in [4.78, 5) is 14.4. The molecule has 0 N–H and O–H groups in total. The van der Waals surface area contributed by atoms with Gasteiger partial charge in [-0.1, -0.05) is 73.2 Å². The van der Waals surface area contributed by atoms with Crippen LogP contribution in [0.5, 0.6) is 5.75 Å². The van der Waals surface area contributed by atoms with Crippen molar-refractivity contribution in [1.29, 1.82) is 0 Å². The number of anilines is 1. The number of ether oxygens (including phenoxy) is 1. The van der Waals surface area contributed by atoms with Crippen LogP contribution in [0.15, 0.2) is 72.8 Å². The number of amides is 1. The third-order valence-electron chi connectivity index (χ3n) is 5.67. The van der Waals surface area contributed by atoms with E-state index in [1.807, 2.05) is 11.0 Å². The summed E-state index contributed by atoms with van der Waals surface area (Å²) in [5.74, 6) is 1.28. The van der Waals surface area contributed by atoms with Gasteiger partial charge in [0, 0.05) is 0 Å². The summed E-state index contributed by atoms with van der Waals surface area (Å²) in [6.07, 6.45) is 2.04. The number of nitrogens with zero attached hydrogens (tertiary/aromatic N) is 1. The molecule has 1 aliphatic heterocycles. The zero-order valence-electron chi connectivity index (χ0n) is 17.1. The summed E-state index contributed by atoms with van der Waals surface area (Å²) in [6, 6.07) is 25.3. The van der Waals surface area contributed by atoms with Crippen LogP contribution in [-0.2, 0) is 17.8 Å². The third-order valence-corrected chi connectivity index (χ3v) is 5.67.